The van der Waals surface area contributed by atoms with Crippen LogP contribution in [0.25, 0.3) is 0 Å². The van der Waals surface area contributed by atoms with Crippen LogP contribution in [0.15, 0.2) is 23.8 Å². The summed E-state index contributed by atoms with van der Waals surface area (Å²) in [5.74, 6) is 0.624. The van der Waals surface area contributed by atoms with Crippen molar-refractivity contribution in [3.05, 3.63) is 23.8 Å². The van der Waals surface area contributed by atoms with E-state index >= 15 is 0 Å². The van der Waals surface area contributed by atoms with Gasteiger partial charge in [-0.1, -0.05) is 32.4 Å². The number of carbonyl (C=O) groups is 2. The van der Waals surface area contributed by atoms with Gasteiger partial charge in [-0.05, 0) is 49.7 Å². The van der Waals surface area contributed by atoms with Gasteiger partial charge in [0.2, 0.25) is 0 Å². The molecule has 4 aliphatic carbocycles. The van der Waals surface area contributed by atoms with Gasteiger partial charge in [-0.15, -0.1) is 11.6 Å². The molecule has 0 spiro atoms. The van der Waals surface area contributed by atoms with Gasteiger partial charge in [0.25, 0.3) is 0 Å². The maximum absolute atomic E-state index is 12.8. The molecule has 24 heavy (non-hydrogen) atoms. The molecule has 0 saturated heterocycles. The highest BCUT2D eigenvalue weighted by Crippen LogP contribution is 2.68. The second-order valence-electron chi connectivity index (χ2n) is 8.77. The van der Waals surface area contributed by atoms with Gasteiger partial charge in [0, 0.05) is 16.7 Å². The maximum atomic E-state index is 12.8. The zero-order valence-corrected chi connectivity index (χ0v) is 15.3. The van der Waals surface area contributed by atoms with Crippen LogP contribution in [0.5, 0.6) is 0 Å². The van der Waals surface area contributed by atoms with E-state index in [1.54, 1.807) is 12.2 Å². The Balaban J connectivity index is 1.84. The van der Waals surface area contributed by atoms with Crippen LogP contribution >= 0.6 is 11.6 Å². The Kier molecular flexibility index (Phi) is 3.32. The highest BCUT2D eigenvalue weighted by atomic mass is 35.5. The van der Waals surface area contributed by atoms with Gasteiger partial charge in [0.05, 0.1) is 11.0 Å². The molecule has 0 aromatic heterocycles. The normalized spacial score (nSPS) is 53.3. The summed E-state index contributed by atoms with van der Waals surface area (Å²) in [6, 6.07) is 0. The number of allylic oxidation sites excluding steroid dienone is 4. The summed E-state index contributed by atoms with van der Waals surface area (Å²) in [5, 5.41) is 11.1. The fourth-order valence-electron chi connectivity index (χ4n) is 6.33. The molecule has 0 aliphatic heterocycles. The molecule has 0 amide bonds. The molecule has 0 aromatic rings. The molecule has 3 fully saturated rings. The van der Waals surface area contributed by atoms with Crippen molar-refractivity contribution >= 4 is 23.2 Å². The van der Waals surface area contributed by atoms with Gasteiger partial charge in [0.15, 0.2) is 5.78 Å². The van der Waals surface area contributed by atoms with Crippen LogP contribution in [0, 0.1) is 28.6 Å². The molecule has 1 N–H and O–H groups in total. The summed E-state index contributed by atoms with van der Waals surface area (Å²) >= 11 is 7.25. The topological polar surface area (TPSA) is 54.4 Å². The molecule has 3 nitrogen and oxygen atoms in total. The third-order valence-electron chi connectivity index (χ3n) is 7.65. The summed E-state index contributed by atoms with van der Waals surface area (Å²) < 4.78 is 0. The minimum absolute atomic E-state index is 0.000922. The lowest BCUT2D eigenvalue weighted by Gasteiger charge is -2.62. The molecule has 0 unspecified atom stereocenters. The second-order valence-corrected chi connectivity index (χ2v) is 9.39. The number of alkyl halides is 1. The van der Waals surface area contributed by atoms with Crippen LogP contribution < -0.4 is 0 Å². The Morgan fingerprint density at radius 2 is 1.96 bits per heavy atom. The molecule has 0 aromatic carbocycles. The molecule has 4 rings (SSSR count). The highest BCUT2D eigenvalue weighted by molar-refractivity contribution is 6.26. The average molecular weight is 349 g/mol. The van der Waals surface area contributed by atoms with Gasteiger partial charge in [-0.25, -0.2) is 0 Å². The van der Waals surface area contributed by atoms with E-state index in [4.69, 9.17) is 11.6 Å². The Bertz CT molecular complexity index is 695. The number of aliphatic hydroxyl groups excluding tert-OH is 1. The third-order valence-corrected chi connectivity index (χ3v) is 8.57. The Morgan fingerprint density at radius 3 is 2.67 bits per heavy atom. The average Bonchev–Trinajstić information content (AvgIpc) is 2.74. The number of Topliss-reactive ketones (excluding diaryl/α,β-unsaturated/α-hetero) is 1. The van der Waals surface area contributed by atoms with Crippen LogP contribution in [-0.2, 0) is 9.59 Å². The van der Waals surface area contributed by atoms with Crippen molar-refractivity contribution < 1.29 is 14.7 Å². The van der Waals surface area contributed by atoms with Crippen LogP contribution in [0.1, 0.15) is 46.5 Å². The zero-order chi connectivity index (χ0) is 17.5. The fourth-order valence-corrected chi connectivity index (χ4v) is 6.85. The number of fused-ring (bicyclic) bond motifs is 5. The molecule has 4 heteroatoms. The quantitative estimate of drug-likeness (QED) is 0.682. The lowest BCUT2D eigenvalue weighted by Crippen LogP contribution is -2.66. The SMILES string of the molecule is C[C@H]1C[C@H]2[C@@H]3CCC4=CC(=O)C=C[C@]4(C)[C@@]3(Cl)[C@@H](O)C[C@]2(C)C1=O. The lowest BCUT2D eigenvalue weighted by atomic mass is 9.47. The summed E-state index contributed by atoms with van der Waals surface area (Å²) in [6.45, 7) is 6.08. The molecule has 0 radical (unpaired) electrons. The van der Waals surface area contributed by atoms with Gasteiger partial charge >= 0.3 is 0 Å². The van der Waals surface area contributed by atoms with Crippen molar-refractivity contribution in [2.75, 3.05) is 0 Å². The fraction of sp³-hybridized carbons (Fsp3) is 0.700. The van der Waals surface area contributed by atoms with Crippen LogP contribution in [0.2, 0.25) is 0 Å². The predicted molar refractivity (Wildman–Crippen MR) is 92.7 cm³/mol. The van der Waals surface area contributed by atoms with E-state index in [2.05, 4.69) is 0 Å². The first-order valence-corrected chi connectivity index (χ1v) is 9.38. The number of rotatable bonds is 0. The summed E-state index contributed by atoms with van der Waals surface area (Å²) in [7, 11) is 0. The van der Waals surface area contributed by atoms with Crippen molar-refractivity contribution in [1.29, 1.82) is 0 Å². The second kappa shape index (κ2) is 4.82. The van der Waals surface area contributed by atoms with Gasteiger partial charge in [-0.3, -0.25) is 9.59 Å². The summed E-state index contributed by atoms with van der Waals surface area (Å²) in [6.07, 6.45) is 7.35. The minimum atomic E-state index is -0.844. The van der Waals surface area contributed by atoms with E-state index in [1.807, 2.05) is 26.8 Å². The number of hydrogen-bond acceptors (Lipinski definition) is 3. The molecular formula is C20H25ClO3. The van der Waals surface area contributed by atoms with Crippen LogP contribution in [0.4, 0.5) is 0 Å². The Labute approximate surface area is 148 Å². The van der Waals surface area contributed by atoms with E-state index in [9.17, 15) is 14.7 Å². The lowest BCUT2D eigenvalue weighted by molar-refractivity contribution is -0.140. The smallest absolute Gasteiger partial charge is 0.178 e. The molecule has 0 bridgehead atoms. The minimum Gasteiger partial charge on any atom is -0.391 e. The number of ketones is 2. The molecule has 3 saturated carbocycles. The molecule has 130 valence electrons. The van der Waals surface area contributed by atoms with Crippen molar-refractivity contribution in [3.63, 3.8) is 0 Å². The molecule has 0 heterocycles. The number of halogens is 1. The van der Waals surface area contributed by atoms with E-state index in [1.165, 1.54) is 0 Å². The first kappa shape index (κ1) is 16.5. The van der Waals surface area contributed by atoms with Crippen molar-refractivity contribution in [1.82, 2.24) is 0 Å². The van der Waals surface area contributed by atoms with Crippen molar-refractivity contribution in [2.24, 2.45) is 28.6 Å². The Morgan fingerprint density at radius 1 is 1.25 bits per heavy atom. The standard InChI is InChI=1S/C20H25ClO3/c1-11-8-15-14-5-4-12-9-13(22)6-7-19(12,3)20(14,21)16(23)10-18(15,2)17(11)24/h6-7,9,11,14-16,23H,4-5,8,10H2,1-3H3/t11-,14-,15-,16-,18-,19-,20-/m0/s1. The van der Waals surface area contributed by atoms with E-state index in [0.717, 1.165) is 24.8 Å². The van der Waals surface area contributed by atoms with Gasteiger partial charge < -0.3 is 5.11 Å². The van der Waals surface area contributed by atoms with Crippen molar-refractivity contribution in [2.45, 2.75) is 57.4 Å². The maximum Gasteiger partial charge on any atom is 0.178 e. The predicted octanol–water partition coefficient (Wildman–Crippen LogP) is 3.44. The van der Waals surface area contributed by atoms with E-state index < -0.39 is 21.8 Å². The number of carbonyl (C=O) groups excluding carboxylic acids is 2. The molecular weight excluding hydrogens is 324 g/mol. The summed E-state index contributed by atoms with van der Waals surface area (Å²) in [4.78, 5) is 23.7. The van der Waals surface area contributed by atoms with E-state index in [0.29, 0.717) is 6.42 Å². The van der Waals surface area contributed by atoms with Crippen LogP contribution in [0.3, 0.4) is 0 Å². The largest absolute Gasteiger partial charge is 0.391 e. The number of hydrogen-bond donors (Lipinski definition) is 1. The van der Waals surface area contributed by atoms with Crippen LogP contribution in [-0.4, -0.2) is 27.7 Å². The zero-order valence-electron chi connectivity index (χ0n) is 14.5. The molecule has 7 atom stereocenters. The third kappa shape index (κ3) is 1.73. The summed E-state index contributed by atoms with van der Waals surface area (Å²) in [5.41, 5.74) is 0.0376. The first-order chi connectivity index (χ1) is 11.1. The molecule has 4 aliphatic rings. The van der Waals surface area contributed by atoms with E-state index in [-0.39, 0.29) is 29.3 Å². The highest BCUT2D eigenvalue weighted by Gasteiger charge is 2.69. The number of aliphatic hydroxyl groups is 1. The van der Waals surface area contributed by atoms with Gasteiger partial charge in [0.1, 0.15) is 5.78 Å². The van der Waals surface area contributed by atoms with Gasteiger partial charge in [-0.2, -0.15) is 0 Å². The van der Waals surface area contributed by atoms with Crippen molar-refractivity contribution in [3.8, 4) is 0 Å². The first-order valence-electron chi connectivity index (χ1n) is 9.00. The monoisotopic (exact) mass is 348 g/mol. The Hall–Kier alpha value is -0.930.